The number of halogens is 1. The van der Waals surface area contributed by atoms with E-state index in [9.17, 15) is 4.39 Å². The van der Waals surface area contributed by atoms with Crippen LogP contribution in [0.15, 0.2) is 30.3 Å². The molecule has 2 heterocycles. The van der Waals surface area contributed by atoms with Crippen molar-refractivity contribution in [2.75, 3.05) is 18.5 Å². The highest BCUT2D eigenvalue weighted by atomic mass is 19.1. The average molecular weight is 313 g/mol. The molecule has 0 bridgehead atoms. The lowest BCUT2D eigenvalue weighted by Gasteiger charge is -2.22. The Labute approximate surface area is 135 Å². The molecule has 0 atom stereocenters. The quantitative estimate of drug-likeness (QED) is 0.922. The standard InChI is InChI=1S/C18H20FN3O/c19-14-3-5-15(6-4-14)20-17-11-16(12-7-9-23-10-8-12)21-18(22-17)13-1-2-13/h3-6,11-13H,1-2,7-10H2,(H,20,21,22). The number of hydrogen-bond donors (Lipinski definition) is 1. The van der Waals surface area contributed by atoms with Gasteiger partial charge in [0.15, 0.2) is 0 Å². The van der Waals surface area contributed by atoms with Crippen LogP contribution in [-0.2, 0) is 4.74 Å². The fourth-order valence-electron chi connectivity index (χ4n) is 2.96. The molecule has 1 saturated heterocycles. The zero-order chi connectivity index (χ0) is 15.6. The molecule has 2 fully saturated rings. The third-order valence-electron chi connectivity index (χ3n) is 4.46. The number of ether oxygens (including phenoxy) is 1. The van der Waals surface area contributed by atoms with Crippen LogP contribution < -0.4 is 5.32 Å². The van der Waals surface area contributed by atoms with Crippen molar-refractivity contribution in [3.05, 3.63) is 47.7 Å². The number of hydrogen-bond acceptors (Lipinski definition) is 4. The van der Waals surface area contributed by atoms with Crippen LogP contribution in [-0.4, -0.2) is 23.2 Å². The maximum absolute atomic E-state index is 13.0. The lowest BCUT2D eigenvalue weighted by molar-refractivity contribution is 0.0844. The predicted molar refractivity (Wildman–Crippen MR) is 86.5 cm³/mol. The summed E-state index contributed by atoms with van der Waals surface area (Å²) in [7, 11) is 0. The van der Waals surface area contributed by atoms with Gasteiger partial charge in [0.1, 0.15) is 17.5 Å². The van der Waals surface area contributed by atoms with Crippen LogP contribution >= 0.6 is 0 Å². The van der Waals surface area contributed by atoms with Gasteiger partial charge in [-0.1, -0.05) is 0 Å². The normalized spacial score (nSPS) is 18.8. The van der Waals surface area contributed by atoms with Gasteiger partial charge in [-0.15, -0.1) is 0 Å². The Hall–Kier alpha value is -2.01. The molecule has 2 aliphatic rings. The highest BCUT2D eigenvalue weighted by Gasteiger charge is 2.28. The Morgan fingerprint density at radius 3 is 2.39 bits per heavy atom. The van der Waals surface area contributed by atoms with E-state index in [0.29, 0.717) is 11.8 Å². The van der Waals surface area contributed by atoms with Crippen LogP contribution in [0.1, 0.15) is 49.0 Å². The van der Waals surface area contributed by atoms with E-state index in [-0.39, 0.29) is 5.82 Å². The Morgan fingerprint density at radius 2 is 1.70 bits per heavy atom. The first-order valence-corrected chi connectivity index (χ1v) is 8.27. The molecule has 23 heavy (non-hydrogen) atoms. The van der Waals surface area contributed by atoms with E-state index in [1.807, 2.05) is 6.07 Å². The largest absolute Gasteiger partial charge is 0.381 e. The van der Waals surface area contributed by atoms with Crippen LogP contribution in [0.25, 0.3) is 0 Å². The number of nitrogens with one attached hydrogen (secondary N) is 1. The molecule has 5 heteroatoms. The SMILES string of the molecule is Fc1ccc(Nc2cc(C3CCOCC3)nc(C3CC3)n2)cc1. The summed E-state index contributed by atoms with van der Waals surface area (Å²) in [6.45, 7) is 1.60. The van der Waals surface area contributed by atoms with Crippen molar-refractivity contribution < 1.29 is 9.13 Å². The van der Waals surface area contributed by atoms with Gasteiger partial charge in [0.05, 0.1) is 0 Å². The summed E-state index contributed by atoms with van der Waals surface area (Å²) in [5.74, 6) is 2.45. The van der Waals surface area contributed by atoms with Crippen molar-refractivity contribution in [1.82, 2.24) is 9.97 Å². The molecule has 4 rings (SSSR count). The van der Waals surface area contributed by atoms with Gasteiger partial charge in [-0.25, -0.2) is 14.4 Å². The summed E-state index contributed by atoms with van der Waals surface area (Å²) in [4.78, 5) is 9.47. The number of anilines is 2. The van der Waals surface area contributed by atoms with Gasteiger partial charge in [-0.05, 0) is 49.9 Å². The summed E-state index contributed by atoms with van der Waals surface area (Å²) in [6, 6.07) is 8.38. The van der Waals surface area contributed by atoms with E-state index in [0.717, 1.165) is 49.1 Å². The van der Waals surface area contributed by atoms with Crippen LogP contribution in [0.5, 0.6) is 0 Å². The number of nitrogens with zero attached hydrogens (tertiary/aromatic N) is 2. The van der Waals surface area contributed by atoms with Crippen molar-refractivity contribution in [2.45, 2.75) is 37.5 Å². The van der Waals surface area contributed by atoms with Gasteiger partial charge >= 0.3 is 0 Å². The second kappa shape index (κ2) is 6.24. The Morgan fingerprint density at radius 1 is 0.957 bits per heavy atom. The summed E-state index contributed by atoms with van der Waals surface area (Å²) < 4.78 is 18.5. The van der Waals surface area contributed by atoms with Gasteiger partial charge in [0.2, 0.25) is 0 Å². The van der Waals surface area contributed by atoms with Gasteiger partial charge in [-0.2, -0.15) is 0 Å². The summed E-state index contributed by atoms with van der Waals surface area (Å²) in [5, 5.41) is 3.28. The van der Waals surface area contributed by atoms with E-state index < -0.39 is 0 Å². The van der Waals surface area contributed by atoms with Gasteiger partial charge in [0.25, 0.3) is 0 Å². The first kappa shape index (κ1) is 14.6. The third kappa shape index (κ3) is 3.50. The molecule has 0 unspecified atom stereocenters. The van der Waals surface area contributed by atoms with Crippen LogP contribution in [0.4, 0.5) is 15.9 Å². The van der Waals surface area contributed by atoms with E-state index in [2.05, 4.69) is 10.3 Å². The molecule has 1 saturated carbocycles. The molecule has 1 aliphatic heterocycles. The van der Waals surface area contributed by atoms with Crippen molar-refractivity contribution in [2.24, 2.45) is 0 Å². The number of benzene rings is 1. The van der Waals surface area contributed by atoms with Crippen molar-refractivity contribution in [3.63, 3.8) is 0 Å². The molecule has 1 aromatic carbocycles. The minimum absolute atomic E-state index is 0.236. The molecular formula is C18H20FN3O. The molecule has 1 aromatic heterocycles. The van der Waals surface area contributed by atoms with E-state index in [1.54, 1.807) is 12.1 Å². The smallest absolute Gasteiger partial charge is 0.134 e. The van der Waals surface area contributed by atoms with Gasteiger partial charge in [0, 0.05) is 42.5 Å². The molecule has 1 aliphatic carbocycles. The third-order valence-corrected chi connectivity index (χ3v) is 4.46. The predicted octanol–water partition coefficient (Wildman–Crippen LogP) is 4.13. The molecule has 0 radical (unpaired) electrons. The fourth-order valence-corrected chi connectivity index (χ4v) is 2.96. The van der Waals surface area contributed by atoms with Crippen molar-refractivity contribution in [3.8, 4) is 0 Å². The summed E-state index contributed by atoms with van der Waals surface area (Å²) in [6.07, 6.45) is 4.37. The monoisotopic (exact) mass is 313 g/mol. The summed E-state index contributed by atoms with van der Waals surface area (Å²) in [5.41, 5.74) is 1.94. The van der Waals surface area contributed by atoms with Gasteiger partial charge < -0.3 is 10.1 Å². The van der Waals surface area contributed by atoms with E-state index >= 15 is 0 Å². The maximum Gasteiger partial charge on any atom is 0.134 e. The second-order valence-electron chi connectivity index (χ2n) is 6.33. The summed E-state index contributed by atoms with van der Waals surface area (Å²) >= 11 is 0. The molecule has 0 amide bonds. The topological polar surface area (TPSA) is 47.0 Å². The molecule has 0 spiro atoms. The zero-order valence-corrected chi connectivity index (χ0v) is 13.0. The Balaban J connectivity index is 1.62. The first-order valence-electron chi connectivity index (χ1n) is 8.27. The first-order chi connectivity index (χ1) is 11.3. The highest BCUT2D eigenvalue weighted by Crippen LogP contribution is 2.39. The second-order valence-corrected chi connectivity index (χ2v) is 6.33. The van der Waals surface area contributed by atoms with E-state index in [1.165, 1.54) is 25.0 Å². The zero-order valence-electron chi connectivity index (χ0n) is 13.0. The molecule has 2 aromatic rings. The lowest BCUT2D eigenvalue weighted by Crippen LogP contribution is -2.16. The Bertz CT molecular complexity index is 679. The number of rotatable bonds is 4. The molecule has 120 valence electrons. The lowest BCUT2D eigenvalue weighted by atomic mass is 9.96. The highest BCUT2D eigenvalue weighted by molar-refractivity contribution is 5.56. The average Bonchev–Trinajstić information content (AvgIpc) is 3.43. The van der Waals surface area contributed by atoms with Crippen molar-refractivity contribution >= 4 is 11.5 Å². The molecule has 4 nitrogen and oxygen atoms in total. The minimum Gasteiger partial charge on any atom is -0.381 e. The Kier molecular flexibility index (Phi) is 3.95. The van der Waals surface area contributed by atoms with Crippen molar-refractivity contribution in [1.29, 1.82) is 0 Å². The molecular weight excluding hydrogens is 293 g/mol. The van der Waals surface area contributed by atoms with E-state index in [4.69, 9.17) is 9.72 Å². The van der Waals surface area contributed by atoms with Crippen LogP contribution in [0, 0.1) is 5.82 Å². The van der Waals surface area contributed by atoms with Gasteiger partial charge in [-0.3, -0.25) is 0 Å². The van der Waals surface area contributed by atoms with Crippen LogP contribution in [0.2, 0.25) is 0 Å². The van der Waals surface area contributed by atoms with Crippen LogP contribution in [0.3, 0.4) is 0 Å². The minimum atomic E-state index is -0.236. The fraction of sp³-hybridized carbons (Fsp3) is 0.444. The maximum atomic E-state index is 13.0. The molecule has 1 N–H and O–H groups in total. The number of aromatic nitrogens is 2.